The van der Waals surface area contributed by atoms with Gasteiger partial charge in [0.15, 0.2) is 0 Å². The number of carboxylic acids is 1. The molecule has 1 N–H and O–H groups in total. The molecule has 0 fully saturated rings. The van der Waals surface area contributed by atoms with Crippen LogP contribution in [0.5, 0.6) is 0 Å². The summed E-state index contributed by atoms with van der Waals surface area (Å²) in [6.45, 7) is 3.62. The number of benzene rings is 1. The molecule has 1 unspecified atom stereocenters. The molecule has 1 aliphatic heterocycles. The lowest BCUT2D eigenvalue weighted by Crippen LogP contribution is -2.42. The number of fused-ring (bicyclic) bond motifs is 1. The largest absolute Gasteiger partial charge is 0.481 e. The van der Waals surface area contributed by atoms with E-state index in [9.17, 15) is 14.7 Å². The molecule has 0 saturated heterocycles. The molecule has 1 heterocycles. The van der Waals surface area contributed by atoms with Crippen molar-refractivity contribution < 1.29 is 19.4 Å². The average molecular weight is 292 g/mol. The van der Waals surface area contributed by atoms with Crippen molar-refractivity contribution in [3.05, 3.63) is 29.8 Å². The number of para-hydroxylation sites is 1. The first-order valence-electron chi connectivity index (χ1n) is 6.98. The highest BCUT2D eigenvalue weighted by Gasteiger charge is 2.37. The summed E-state index contributed by atoms with van der Waals surface area (Å²) in [7, 11) is 1.69. The Hall–Kier alpha value is -2.08. The van der Waals surface area contributed by atoms with Crippen LogP contribution in [0.4, 0.5) is 10.5 Å². The van der Waals surface area contributed by atoms with E-state index in [0.29, 0.717) is 31.0 Å². The minimum absolute atomic E-state index is 0.173. The first-order chi connectivity index (χ1) is 10.1. The van der Waals surface area contributed by atoms with Gasteiger partial charge in [0.2, 0.25) is 0 Å². The fraction of sp³-hybridized carbons (Fsp3) is 0.467. The van der Waals surface area contributed by atoms with Crippen molar-refractivity contribution in [2.45, 2.75) is 12.8 Å². The molecule has 0 aliphatic carbocycles. The standard InChI is InChI=1S/C15H20N2O4/c1-3-21-9-8-16(2)15(20)17-10-12(14(18)19)11-6-4-5-7-13(11)17/h4-7,12H,3,8-10H2,1-2H3,(H,18,19). The summed E-state index contributed by atoms with van der Waals surface area (Å²) >= 11 is 0. The number of rotatable bonds is 5. The number of carboxylic acid groups (broad SMARTS) is 1. The molecular formula is C15H20N2O4. The molecule has 0 bridgehead atoms. The van der Waals surface area contributed by atoms with Gasteiger partial charge in [-0.1, -0.05) is 18.2 Å². The first kappa shape index (κ1) is 15.3. The van der Waals surface area contributed by atoms with Crippen LogP contribution in [0, 0.1) is 0 Å². The van der Waals surface area contributed by atoms with E-state index in [0.717, 1.165) is 0 Å². The van der Waals surface area contributed by atoms with Crippen LogP contribution in [0.1, 0.15) is 18.4 Å². The van der Waals surface area contributed by atoms with Crippen LogP contribution in [0.15, 0.2) is 24.3 Å². The Morgan fingerprint density at radius 3 is 2.81 bits per heavy atom. The molecular weight excluding hydrogens is 272 g/mol. The van der Waals surface area contributed by atoms with Crippen LogP contribution in [-0.2, 0) is 9.53 Å². The number of hydrogen-bond acceptors (Lipinski definition) is 3. The van der Waals surface area contributed by atoms with Crippen molar-refractivity contribution >= 4 is 17.7 Å². The van der Waals surface area contributed by atoms with Gasteiger partial charge < -0.3 is 14.7 Å². The highest BCUT2D eigenvalue weighted by atomic mass is 16.5. The van der Waals surface area contributed by atoms with Gasteiger partial charge in [-0.2, -0.15) is 0 Å². The van der Waals surface area contributed by atoms with Crippen molar-refractivity contribution in [3.8, 4) is 0 Å². The van der Waals surface area contributed by atoms with E-state index < -0.39 is 11.9 Å². The summed E-state index contributed by atoms with van der Waals surface area (Å²) < 4.78 is 5.24. The summed E-state index contributed by atoms with van der Waals surface area (Å²) in [4.78, 5) is 26.9. The Labute approximate surface area is 123 Å². The van der Waals surface area contributed by atoms with Crippen LogP contribution >= 0.6 is 0 Å². The third-order valence-corrected chi connectivity index (χ3v) is 3.60. The lowest BCUT2D eigenvalue weighted by molar-refractivity contribution is -0.138. The predicted octanol–water partition coefficient (Wildman–Crippen LogP) is 1.76. The molecule has 6 heteroatoms. The molecule has 6 nitrogen and oxygen atoms in total. The maximum atomic E-state index is 12.5. The van der Waals surface area contributed by atoms with E-state index in [-0.39, 0.29) is 12.6 Å². The lowest BCUT2D eigenvalue weighted by atomic mass is 10.0. The molecule has 1 aromatic carbocycles. The van der Waals surface area contributed by atoms with Gasteiger partial charge in [0.1, 0.15) is 5.92 Å². The number of urea groups is 1. The minimum atomic E-state index is -0.908. The molecule has 21 heavy (non-hydrogen) atoms. The van der Waals surface area contributed by atoms with E-state index in [1.807, 2.05) is 13.0 Å². The van der Waals surface area contributed by atoms with Crippen LogP contribution < -0.4 is 4.90 Å². The second-order valence-corrected chi connectivity index (χ2v) is 4.96. The number of aliphatic carboxylic acids is 1. The zero-order chi connectivity index (χ0) is 15.4. The number of amides is 2. The Balaban J connectivity index is 2.14. The number of anilines is 1. The van der Waals surface area contributed by atoms with E-state index >= 15 is 0 Å². The summed E-state index contributed by atoms with van der Waals surface area (Å²) in [5.74, 6) is -1.57. The molecule has 0 saturated carbocycles. The monoisotopic (exact) mass is 292 g/mol. The molecule has 0 aromatic heterocycles. The number of carbonyl (C=O) groups excluding carboxylic acids is 1. The van der Waals surface area contributed by atoms with E-state index in [1.54, 1.807) is 30.1 Å². The van der Waals surface area contributed by atoms with Crippen molar-refractivity contribution in [1.82, 2.24) is 4.90 Å². The van der Waals surface area contributed by atoms with Crippen molar-refractivity contribution in [1.29, 1.82) is 0 Å². The Morgan fingerprint density at radius 2 is 2.14 bits per heavy atom. The molecule has 2 amide bonds. The highest BCUT2D eigenvalue weighted by molar-refractivity contribution is 5.97. The summed E-state index contributed by atoms with van der Waals surface area (Å²) in [5.41, 5.74) is 1.37. The number of likely N-dealkylation sites (N-methyl/N-ethyl adjacent to an activating group) is 1. The predicted molar refractivity (Wildman–Crippen MR) is 78.7 cm³/mol. The fourth-order valence-electron chi connectivity index (χ4n) is 2.45. The van der Waals surface area contributed by atoms with Crippen LogP contribution in [-0.4, -0.2) is 55.4 Å². The van der Waals surface area contributed by atoms with Gasteiger partial charge in [0, 0.05) is 32.4 Å². The van der Waals surface area contributed by atoms with Crippen LogP contribution in [0.3, 0.4) is 0 Å². The quantitative estimate of drug-likeness (QED) is 0.840. The topological polar surface area (TPSA) is 70.1 Å². The summed E-state index contributed by atoms with van der Waals surface area (Å²) in [6, 6.07) is 6.95. The van der Waals surface area contributed by atoms with Gasteiger partial charge in [-0.05, 0) is 18.6 Å². The van der Waals surface area contributed by atoms with E-state index in [4.69, 9.17) is 4.74 Å². The van der Waals surface area contributed by atoms with Gasteiger partial charge in [-0.15, -0.1) is 0 Å². The third-order valence-electron chi connectivity index (χ3n) is 3.60. The Morgan fingerprint density at radius 1 is 1.43 bits per heavy atom. The second kappa shape index (κ2) is 6.58. The molecule has 0 spiro atoms. The van der Waals surface area contributed by atoms with Gasteiger partial charge in [-0.3, -0.25) is 9.69 Å². The van der Waals surface area contributed by atoms with Gasteiger partial charge in [0.25, 0.3) is 0 Å². The third kappa shape index (κ3) is 3.16. The molecule has 1 aliphatic rings. The van der Waals surface area contributed by atoms with Crippen LogP contribution in [0.2, 0.25) is 0 Å². The van der Waals surface area contributed by atoms with E-state index in [2.05, 4.69) is 0 Å². The number of nitrogens with zero attached hydrogens (tertiary/aromatic N) is 2. The minimum Gasteiger partial charge on any atom is -0.481 e. The van der Waals surface area contributed by atoms with E-state index in [1.165, 1.54) is 4.90 Å². The normalized spacial score (nSPS) is 16.7. The zero-order valence-electron chi connectivity index (χ0n) is 12.3. The second-order valence-electron chi connectivity index (χ2n) is 4.96. The van der Waals surface area contributed by atoms with Crippen LogP contribution in [0.25, 0.3) is 0 Å². The molecule has 0 radical (unpaired) electrons. The van der Waals surface area contributed by atoms with Gasteiger partial charge in [-0.25, -0.2) is 4.79 Å². The van der Waals surface area contributed by atoms with Gasteiger partial charge >= 0.3 is 12.0 Å². The number of ether oxygens (including phenoxy) is 1. The molecule has 1 atom stereocenters. The number of carbonyl (C=O) groups is 2. The fourth-order valence-corrected chi connectivity index (χ4v) is 2.45. The van der Waals surface area contributed by atoms with Crippen molar-refractivity contribution in [3.63, 3.8) is 0 Å². The smallest absolute Gasteiger partial charge is 0.324 e. The molecule has 1 aromatic rings. The van der Waals surface area contributed by atoms with Crippen molar-refractivity contribution in [2.75, 3.05) is 38.3 Å². The first-order valence-corrected chi connectivity index (χ1v) is 6.98. The average Bonchev–Trinajstić information content (AvgIpc) is 2.86. The zero-order valence-corrected chi connectivity index (χ0v) is 12.3. The maximum absolute atomic E-state index is 12.5. The Bertz CT molecular complexity index is 532. The SMILES string of the molecule is CCOCCN(C)C(=O)N1CC(C(=O)O)c2ccccc21. The molecule has 114 valence electrons. The van der Waals surface area contributed by atoms with Crippen molar-refractivity contribution in [2.24, 2.45) is 0 Å². The number of hydrogen-bond donors (Lipinski definition) is 1. The maximum Gasteiger partial charge on any atom is 0.324 e. The molecule has 2 rings (SSSR count). The van der Waals surface area contributed by atoms with Gasteiger partial charge in [0.05, 0.1) is 6.61 Å². The Kier molecular flexibility index (Phi) is 4.80. The summed E-state index contributed by atoms with van der Waals surface area (Å²) in [5, 5.41) is 9.30. The lowest BCUT2D eigenvalue weighted by Gasteiger charge is -2.25. The summed E-state index contributed by atoms with van der Waals surface area (Å²) in [6.07, 6.45) is 0. The highest BCUT2D eigenvalue weighted by Crippen LogP contribution is 2.36.